The molecular formula is C48H44N16O22. The number of aromatic nitrogens is 16. The van der Waals surface area contributed by atoms with Gasteiger partial charge in [0.25, 0.3) is 0 Å². The summed E-state index contributed by atoms with van der Waals surface area (Å²) in [5.41, 5.74) is -5.25. The van der Waals surface area contributed by atoms with E-state index in [1.54, 1.807) is 12.1 Å². The monoisotopic (exact) mass is 1200 g/mol. The van der Waals surface area contributed by atoms with Crippen LogP contribution in [-0.4, -0.2) is 208 Å². The second kappa shape index (κ2) is 34.6. The molecule has 448 valence electrons. The Morgan fingerprint density at radius 3 is 0.663 bits per heavy atom. The lowest BCUT2D eigenvalue weighted by molar-refractivity contribution is -0.158. The van der Waals surface area contributed by atoms with Crippen molar-refractivity contribution in [1.82, 2.24) is 81.6 Å². The fourth-order valence-corrected chi connectivity index (χ4v) is 6.25. The van der Waals surface area contributed by atoms with Crippen molar-refractivity contribution in [2.45, 2.75) is 11.8 Å². The number of aromatic amines is 8. The van der Waals surface area contributed by atoms with Crippen molar-refractivity contribution >= 4 is 85.5 Å². The Bertz CT molecular complexity index is 3010. The zero-order valence-electron chi connectivity index (χ0n) is 43.1. The number of carbonyl (C=O) groups excluding carboxylic acids is 6. The highest BCUT2D eigenvalue weighted by atomic mass is 16.4. The number of nitrogens with zero attached hydrogens (tertiary/aromatic N) is 8. The third-order valence-corrected chi connectivity index (χ3v) is 10.4. The molecule has 0 saturated heterocycles. The lowest BCUT2D eigenvalue weighted by Crippen LogP contribution is -2.65. The quantitative estimate of drug-likeness (QED) is 0.0521. The molecule has 0 unspecified atom stereocenters. The van der Waals surface area contributed by atoms with Gasteiger partial charge >= 0.3 is 47.8 Å². The van der Waals surface area contributed by atoms with Gasteiger partial charge in [-0.15, -0.1) is 0 Å². The number of aromatic carboxylic acids is 8. The van der Waals surface area contributed by atoms with Crippen molar-refractivity contribution in [2.24, 2.45) is 10.8 Å². The largest absolute Gasteiger partial charge is 0.477 e. The van der Waals surface area contributed by atoms with E-state index in [0.29, 0.717) is 5.56 Å². The molecule has 0 bridgehead atoms. The van der Waals surface area contributed by atoms with E-state index in [-0.39, 0.29) is 95.3 Å². The first kappa shape index (κ1) is 68.8. The summed E-state index contributed by atoms with van der Waals surface area (Å²) in [5.74, 6) is -7.87. The number of hydrogen-bond acceptors (Lipinski definition) is 22. The topological polar surface area (TPSA) is 630 Å². The van der Waals surface area contributed by atoms with Gasteiger partial charge in [0, 0.05) is 49.6 Å². The third-order valence-electron chi connectivity index (χ3n) is 10.4. The van der Waals surface area contributed by atoms with Crippen molar-refractivity contribution in [3.63, 3.8) is 0 Å². The molecule has 0 atom stereocenters. The van der Waals surface area contributed by atoms with Gasteiger partial charge in [-0.2, -0.15) is 40.8 Å². The average molecular weight is 1200 g/mol. The van der Waals surface area contributed by atoms with E-state index in [4.69, 9.17) is 40.9 Å². The summed E-state index contributed by atoms with van der Waals surface area (Å²) < 4.78 is 0. The minimum absolute atomic E-state index is 0.0571. The molecule has 0 amide bonds. The zero-order chi connectivity index (χ0) is 64.3. The Labute approximate surface area is 475 Å². The lowest BCUT2D eigenvalue weighted by Gasteiger charge is -2.49. The van der Waals surface area contributed by atoms with Crippen molar-refractivity contribution in [3.8, 4) is 0 Å². The maximum Gasteiger partial charge on any atom is 0.353 e. The van der Waals surface area contributed by atoms with Crippen LogP contribution in [0.25, 0.3) is 0 Å². The summed E-state index contributed by atoms with van der Waals surface area (Å²) in [5, 5.41) is 111. The van der Waals surface area contributed by atoms with Gasteiger partial charge in [0.05, 0.1) is 0 Å². The highest BCUT2D eigenvalue weighted by molar-refractivity contribution is 6.12. The third kappa shape index (κ3) is 19.5. The highest BCUT2D eigenvalue weighted by Crippen LogP contribution is 2.54. The maximum absolute atomic E-state index is 11.7. The van der Waals surface area contributed by atoms with E-state index in [0.717, 1.165) is 0 Å². The van der Waals surface area contributed by atoms with E-state index >= 15 is 0 Å². The fourth-order valence-electron chi connectivity index (χ4n) is 6.25. The van der Waals surface area contributed by atoms with Gasteiger partial charge in [-0.3, -0.25) is 40.8 Å². The van der Waals surface area contributed by atoms with Crippen LogP contribution in [0.5, 0.6) is 0 Å². The van der Waals surface area contributed by atoms with E-state index in [9.17, 15) is 67.1 Å². The van der Waals surface area contributed by atoms with Crippen molar-refractivity contribution < 1.29 is 108 Å². The van der Waals surface area contributed by atoms with Crippen LogP contribution in [0.4, 0.5) is 0 Å². The van der Waals surface area contributed by atoms with Gasteiger partial charge in [-0.25, -0.2) is 38.4 Å². The number of benzene rings is 1. The standard InChI is InChI=1S/C16H12O6.8C4H4N2O2/c17-6-14(7-18)5-12-3-1-2-4-13(12)15(8-19,9-20)16(14,10-21)11-22;8*7-4(8)3-1-2-5-6-3/h1-4,6-11H,5H2;8*1-2H,(H,5,6)(H,7,8). The van der Waals surface area contributed by atoms with Crippen LogP contribution >= 0.6 is 0 Å². The smallest absolute Gasteiger partial charge is 0.353 e. The molecule has 86 heavy (non-hydrogen) atoms. The Morgan fingerprint density at radius 2 is 0.523 bits per heavy atom. The van der Waals surface area contributed by atoms with Crippen LogP contribution in [-0.2, 0) is 40.6 Å². The molecule has 0 radical (unpaired) electrons. The highest BCUT2D eigenvalue weighted by Gasteiger charge is 2.68. The van der Waals surface area contributed by atoms with Gasteiger partial charge in [-0.05, 0) is 66.1 Å². The summed E-state index contributed by atoms with van der Waals surface area (Å²) in [4.78, 5) is 150. The Balaban J connectivity index is 0.000000342. The van der Waals surface area contributed by atoms with Gasteiger partial charge in [0.2, 0.25) is 0 Å². The van der Waals surface area contributed by atoms with E-state index in [1.165, 1.54) is 110 Å². The normalized spacial score (nSPS) is 11.8. The van der Waals surface area contributed by atoms with Gasteiger partial charge in [0.1, 0.15) is 99.5 Å². The number of carbonyl (C=O) groups is 14. The van der Waals surface area contributed by atoms with Crippen molar-refractivity contribution in [1.29, 1.82) is 0 Å². The number of carboxylic acids is 8. The molecule has 38 nitrogen and oxygen atoms in total. The first-order chi connectivity index (χ1) is 41.0. The number of rotatable bonds is 14. The number of hydrogen-bond donors (Lipinski definition) is 16. The van der Waals surface area contributed by atoms with E-state index in [2.05, 4.69) is 81.6 Å². The lowest BCUT2D eigenvalue weighted by atomic mass is 9.46. The van der Waals surface area contributed by atoms with Crippen LogP contribution in [0, 0.1) is 10.8 Å². The van der Waals surface area contributed by atoms with Gasteiger partial charge < -0.3 is 69.6 Å². The number of carboxylic acid groups (broad SMARTS) is 8. The minimum atomic E-state index is -2.40. The zero-order valence-corrected chi connectivity index (χ0v) is 43.1. The number of H-pyrrole nitrogens is 8. The number of fused-ring (bicyclic) bond motifs is 1. The summed E-state index contributed by atoms with van der Waals surface area (Å²) in [6.45, 7) is 0. The minimum Gasteiger partial charge on any atom is -0.477 e. The fraction of sp³-hybridized carbons (Fsp3) is 0.0833. The van der Waals surface area contributed by atoms with Crippen LogP contribution in [0.3, 0.4) is 0 Å². The van der Waals surface area contributed by atoms with Gasteiger partial charge in [0.15, 0.2) is 0 Å². The molecule has 1 aromatic carbocycles. The molecular weight excluding hydrogens is 1150 g/mol. The molecule has 1 aliphatic carbocycles. The first-order valence-corrected chi connectivity index (χ1v) is 22.7. The average Bonchev–Trinajstić information content (AvgIpc) is 0.905. The molecule has 8 heterocycles. The number of nitrogens with one attached hydrogen (secondary N) is 8. The predicted octanol–water partition coefficient (Wildman–Crippen LogP) is 0.510. The van der Waals surface area contributed by atoms with E-state index in [1.807, 2.05) is 0 Å². The molecule has 10 rings (SSSR count). The first-order valence-electron chi connectivity index (χ1n) is 22.7. The van der Waals surface area contributed by atoms with E-state index < -0.39 is 64.0 Å². The second-order valence-corrected chi connectivity index (χ2v) is 15.5. The molecule has 9 aromatic rings. The molecule has 1 aliphatic rings. The van der Waals surface area contributed by atoms with Crippen LogP contribution in [0.1, 0.15) is 95.0 Å². The molecule has 16 N–H and O–H groups in total. The molecule has 8 aromatic heterocycles. The molecule has 0 saturated carbocycles. The molecule has 0 fully saturated rings. The summed E-state index contributed by atoms with van der Waals surface area (Å²) in [6.07, 6.45) is 11.7. The van der Waals surface area contributed by atoms with Crippen LogP contribution in [0.15, 0.2) is 122 Å². The Kier molecular flexibility index (Phi) is 27.7. The van der Waals surface area contributed by atoms with Crippen LogP contribution < -0.4 is 0 Å². The summed E-state index contributed by atoms with van der Waals surface area (Å²) >= 11 is 0. The Hall–Kier alpha value is -13.3. The predicted molar refractivity (Wildman–Crippen MR) is 277 cm³/mol. The number of aldehydes is 6. The van der Waals surface area contributed by atoms with Crippen LogP contribution in [0.2, 0.25) is 0 Å². The Morgan fingerprint density at radius 1 is 0.314 bits per heavy atom. The molecule has 0 spiro atoms. The van der Waals surface area contributed by atoms with Crippen molar-refractivity contribution in [2.75, 3.05) is 0 Å². The van der Waals surface area contributed by atoms with Gasteiger partial charge in [-0.1, -0.05) is 24.3 Å². The second-order valence-electron chi connectivity index (χ2n) is 15.5. The molecule has 38 heteroatoms. The molecule has 0 aliphatic heterocycles. The summed E-state index contributed by atoms with van der Waals surface area (Å²) in [6, 6.07) is 17.2. The maximum atomic E-state index is 11.7. The summed E-state index contributed by atoms with van der Waals surface area (Å²) in [7, 11) is 0. The van der Waals surface area contributed by atoms with Crippen molar-refractivity contribution in [3.05, 3.63) is 179 Å². The SMILES string of the molecule is O=C(O)c1ccn[nH]1.O=C(O)c1ccn[nH]1.O=C(O)c1ccn[nH]1.O=C(O)c1ccn[nH]1.O=C(O)c1ccn[nH]1.O=C(O)c1ccn[nH]1.O=C(O)c1ccn[nH]1.O=C(O)c1ccn[nH]1.O=CC1(C=O)Cc2ccccc2C(C=O)(C=O)C1(C=O)C=O.